The Bertz CT molecular complexity index is 586. The Hall–Kier alpha value is -1.84. The summed E-state index contributed by atoms with van der Waals surface area (Å²) in [5, 5.41) is 13.1. The van der Waals surface area contributed by atoms with E-state index in [-0.39, 0.29) is 6.04 Å². The van der Waals surface area contributed by atoms with Crippen LogP contribution in [0.1, 0.15) is 30.1 Å². The van der Waals surface area contributed by atoms with Gasteiger partial charge in [0.1, 0.15) is 6.04 Å². The minimum Gasteiger partial charge on any atom is -0.480 e. The van der Waals surface area contributed by atoms with E-state index in [1.807, 2.05) is 43.3 Å². The summed E-state index contributed by atoms with van der Waals surface area (Å²) in [5.74, 6) is -0.907. The molecule has 0 amide bonds. The fourth-order valence-corrected chi connectivity index (χ4v) is 2.42. The van der Waals surface area contributed by atoms with Crippen LogP contribution in [0.25, 0.3) is 0 Å². The standard InChI is InChI=1S/C16H16ClNO2/c1-11(13-9-5-6-10-14(13)17)18-15(16(19)20)12-7-3-2-4-8-12/h2-11,15,18H,1H3,(H,19,20). The van der Waals surface area contributed by atoms with Crippen LogP contribution in [0.2, 0.25) is 5.02 Å². The molecule has 4 heteroatoms. The molecule has 0 aromatic heterocycles. The largest absolute Gasteiger partial charge is 0.480 e. The lowest BCUT2D eigenvalue weighted by Gasteiger charge is -2.21. The van der Waals surface area contributed by atoms with Gasteiger partial charge in [0.15, 0.2) is 0 Å². The summed E-state index contributed by atoms with van der Waals surface area (Å²) in [6.07, 6.45) is 0. The van der Waals surface area contributed by atoms with Crippen LogP contribution in [0, 0.1) is 0 Å². The molecule has 0 aliphatic carbocycles. The maximum atomic E-state index is 11.5. The van der Waals surface area contributed by atoms with E-state index in [9.17, 15) is 9.90 Å². The van der Waals surface area contributed by atoms with Gasteiger partial charge in [-0.05, 0) is 24.1 Å². The summed E-state index contributed by atoms with van der Waals surface area (Å²) in [6, 6.07) is 15.6. The van der Waals surface area contributed by atoms with E-state index in [1.54, 1.807) is 18.2 Å². The van der Waals surface area contributed by atoms with Crippen molar-refractivity contribution in [2.75, 3.05) is 0 Å². The highest BCUT2D eigenvalue weighted by atomic mass is 35.5. The topological polar surface area (TPSA) is 49.3 Å². The predicted molar refractivity (Wildman–Crippen MR) is 79.8 cm³/mol. The van der Waals surface area contributed by atoms with Gasteiger partial charge in [-0.15, -0.1) is 0 Å². The maximum absolute atomic E-state index is 11.5. The Morgan fingerprint density at radius 2 is 1.70 bits per heavy atom. The monoisotopic (exact) mass is 289 g/mol. The van der Waals surface area contributed by atoms with Gasteiger partial charge in [-0.3, -0.25) is 10.1 Å². The van der Waals surface area contributed by atoms with E-state index >= 15 is 0 Å². The lowest BCUT2D eigenvalue weighted by Crippen LogP contribution is -2.30. The van der Waals surface area contributed by atoms with Gasteiger partial charge in [0.05, 0.1) is 0 Å². The molecule has 0 spiro atoms. The smallest absolute Gasteiger partial charge is 0.325 e. The third kappa shape index (κ3) is 3.38. The van der Waals surface area contributed by atoms with Crippen molar-refractivity contribution >= 4 is 17.6 Å². The molecule has 2 rings (SSSR count). The highest BCUT2D eigenvalue weighted by molar-refractivity contribution is 6.31. The zero-order valence-corrected chi connectivity index (χ0v) is 11.8. The lowest BCUT2D eigenvalue weighted by atomic mass is 10.0. The molecule has 0 aliphatic rings. The van der Waals surface area contributed by atoms with E-state index < -0.39 is 12.0 Å². The van der Waals surface area contributed by atoms with Crippen LogP contribution < -0.4 is 5.32 Å². The molecule has 2 N–H and O–H groups in total. The Kier molecular flexibility index (Phi) is 4.77. The van der Waals surface area contributed by atoms with Crippen LogP contribution >= 0.6 is 11.6 Å². The number of nitrogens with one attached hydrogen (secondary N) is 1. The molecule has 0 radical (unpaired) electrons. The fourth-order valence-electron chi connectivity index (χ4n) is 2.12. The number of carboxylic acids is 1. The highest BCUT2D eigenvalue weighted by Crippen LogP contribution is 2.25. The molecule has 2 atom stereocenters. The van der Waals surface area contributed by atoms with Gasteiger partial charge in [-0.1, -0.05) is 60.1 Å². The number of rotatable bonds is 5. The third-order valence-corrected chi connectivity index (χ3v) is 3.51. The molecular formula is C16H16ClNO2. The number of carboxylic acid groups (broad SMARTS) is 1. The Balaban J connectivity index is 2.21. The van der Waals surface area contributed by atoms with Gasteiger partial charge in [0.25, 0.3) is 0 Å². The molecule has 3 nitrogen and oxygen atoms in total. The molecule has 20 heavy (non-hydrogen) atoms. The van der Waals surface area contributed by atoms with Crippen molar-refractivity contribution in [1.82, 2.24) is 5.32 Å². The van der Waals surface area contributed by atoms with Gasteiger partial charge >= 0.3 is 5.97 Å². The van der Waals surface area contributed by atoms with Gasteiger partial charge in [0.2, 0.25) is 0 Å². The van der Waals surface area contributed by atoms with Crippen molar-refractivity contribution in [3.8, 4) is 0 Å². The van der Waals surface area contributed by atoms with E-state index in [2.05, 4.69) is 5.32 Å². The quantitative estimate of drug-likeness (QED) is 0.880. The third-order valence-electron chi connectivity index (χ3n) is 3.17. The lowest BCUT2D eigenvalue weighted by molar-refractivity contribution is -0.139. The minimum atomic E-state index is -0.907. The zero-order chi connectivity index (χ0) is 14.5. The van der Waals surface area contributed by atoms with Crippen LogP contribution in [-0.4, -0.2) is 11.1 Å². The van der Waals surface area contributed by atoms with Gasteiger partial charge < -0.3 is 5.11 Å². The van der Waals surface area contributed by atoms with Crippen LogP contribution in [0.3, 0.4) is 0 Å². The van der Waals surface area contributed by atoms with Crippen molar-refractivity contribution in [3.63, 3.8) is 0 Å². The van der Waals surface area contributed by atoms with Crippen LogP contribution in [-0.2, 0) is 4.79 Å². The van der Waals surface area contributed by atoms with Gasteiger partial charge in [0, 0.05) is 11.1 Å². The summed E-state index contributed by atoms with van der Waals surface area (Å²) in [6.45, 7) is 1.90. The van der Waals surface area contributed by atoms with Crippen LogP contribution in [0.4, 0.5) is 0 Å². The molecule has 0 heterocycles. The fraction of sp³-hybridized carbons (Fsp3) is 0.188. The van der Waals surface area contributed by atoms with Crippen molar-refractivity contribution < 1.29 is 9.90 Å². The first kappa shape index (κ1) is 14.6. The van der Waals surface area contributed by atoms with E-state index in [4.69, 9.17) is 11.6 Å². The second kappa shape index (κ2) is 6.55. The average molecular weight is 290 g/mol. The maximum Gasteiger partial charge on any atom is 0.325 e. The Morgan fingerprint density at radius 1 is 1.10 bits per heavy atom. The first-order chi connectivity index (χ1) is 9.59. The molecule has 0 bridgehead atoms. The number of carbonyl (C=O) groups is 1. The van der Waals surface area contributed by atoms with Crippen molar-refractivity contribution in [2.45, 2.75) is 19.0 Å². The molecule has 0 aliphatic heterocycles. The molecule has 2 aromatic rings. The van der Waals surface area contributed by atoms with Crippen LogP contribution in [0.15, 0.2) is 54.6 Å². The average Bonchev–Trinajstić information content (AvgIpc) is 2.45. The van der Waals surface area contributed by atoms with Crippen molar-refractivity contribution in [3.05, 3.63) is 70.7 Å². The molecule has 2 aromatic carbocycles. The summed E-state index contributed by atoms with van der Waals surface area (Å²) in [7, 11) is 0. The Morgan fingerprint density at radius 3 is 2.30 bits per heavy atom. The molecular weight excluding hydrogens is 274 g/mol. The van der Waals surface area contributed by atoms with Gasteiger partial charge in [-0.2, -0.15) is 0 Å². The molecule has 0 fully saturated rings. The highest BCUT2D eigenvalue weighted by Gasteiger charge is 2.22. The van der Waals surface area contributed by atoms with E-state index in [1.165, 1.54) is 0 Å². The number of benzene rings is 2. The van der Waals surface area contributed by atoms with Crippen LogP contribution in [0.5, 0.6) is 0 Å². The summed E-state index contributed by atoms with van der Waals surface area (Å²) in [5.41, 5.74) is 1.61. The number of hydrogen-bond donors (Lipinski definition) is 2. The first-order valence-corrected chi connectivity index (χ1v) is 6.75. The normalized spacial score (nSPS) is 13.7. The number of aliphatic carboxylic acids is 1. The van der Waals surface area contributed by atoms with Gasteiger partial charge in [-0.25, -0.2) is 0 Å². The molecule has 104 valence electrons. The minimum absolute atomic E-state index is 0.162. The molecule has 0 saturated heterocycles. The van der Waals surface area contributed by atoms with Crippen molar-refractivity contribution in [1.29, 1.82) is 0 Å². The SMILES string of the molecule is CC(NC(C(=O)O)c1ccccc1)c1ccccc1Cl. The number of hydrogen-bond acceptors (Lipinski definition) is 2. The zero-order valence-electron chi connectivity index (χ0n) is 11.1. The summed E-state index contributed by atoms with van der Waals surface area (Å²) in [4.78, 5) is 11.5. The molecule has 2 unspecified atom stereocenters. The van der Waals surface area contributed by atoms with Crippen molar-refractivity contribution in [2.24, 2.45) is 0 Å². The summed E-state index contributed by atoms with van der Waals surface area (Å²) < 4.78 is 0. The Labute approximate surface area is 123 Å². The second-order valence-electron chi connectivity index (χ2n) is 4.59. The second-order valence-corrected chi connectivity index (χ2v) is 5.00. The first-order valence-electron chi connectivity index (χ1n) is 6.38. The summed E-state index contributed by atoms with van der Waals surface area (Å²) >= 11 is 6.14. The predicted octanol–water partition coefficient (Wildman–Crippen LogP) is 3.82. The molecule has 0 saturated carbocycles. The van der Waals surface area contributed by atoms with E-state index in [0.29, 0.717) is 5.02 Å². The van der Waals surface area contributed by atoms with E-state index in [0.717, 1.165) is 11.1 Å². The number of halogens is 1.